The van der Waals surface area contributed by atoms with Crippen LogP contribution in [0.3, 0.4) is 0 Å². The Balaban J connectivity index is 1.81. The quantitative estimate of drug-likeness (QED) is 0.710. The molecule has 0 spiro atoms. The molecule has 0 amide bonds. The monoisotopic (exact) mass is 366 g/mol. The predicted octanol–water partition coefficient (Wildman–Crippen LogP) is 3.65. The van der Waals surface area contributed by atoms with Crippen LogP contribution in [0.15, 0.2) is 65.6 Å². The lowest BCUT2D eigenvalue weighted by atomic mass is 10.0. The van der Waals surface area contributed by atoms with Crippen LogP contribution in [0.5, 0.6) is 0 Å². The second-order valence-corrected chi connectivity index (χ2v) is 8.79. The third-order valence-corrected chi connectivity index (χ3v) is 6.96. The minimum atomic E-state index is -3.56. The summed E-state index contributed by atoms with van der Waals surface area (Å²) in [7, 11) is 0.381. The molecule has 5 heteroatoms. The minimum absolute atomic E-state index is 0.387. The maximum Gasteiger partial charge on any atom is 0.244 e. The van der Waals surface area contributed by atoms with E-state index in [0.29, 0.717) is 18.0 Å². The molecule has 0 N–H and O–H groups in total. The molecule has 0 fully saturated rings. The Hall–Kier alpha value is -2.37. The molecule has 0 saturated carbocycles. The molecule has 0 radical (unpaired) electrons. The summed E-state index contributed by atoms with van der Waals surface area (Å²) in [5.41, 5.74) is 3.35. The first kappa shape index (κ1) is 17.1. The number of rotatable bonds is 3. The molecule has 0 unspecified atom stereocenters. The van der Waals surface area contributed by atoms with Gasteiger partial charge in [-0.15, -0.1) is 0 Å². The molecular formula is C21H22N2O2S. The van der Waals surface area contributed by atoms with Crippen LogP contribution in [-0.4, -0.2) is 33.4 Å². The second kappa shape index (κ2) is 6.41. The van der Waals surface area contributed by atoms with Gasteiger partial charge < -0.3 is 4.90 Å². The molecule has 4 rings (SSSR count). The lowest BCUT2D eigenvalue weighted by Crippen LogP contribution is -2.36. The fourth-order valence-corrected chi connectivity index (χ4v) is 5.32. The van der Waals surface area contributed by atoms with Crippen LogP contribution in [0.25, 0.3) is 10.8 Å². The highest BCUT2D eigenvalue weighted by Gasteiger charge is 2.29. The first-order chi connectivity index (χ1) is 12.5. The molecule has 3 aromatic carbocycles. The Labute approximate surface area is 154 Å². The zero-order valence-corrected chi connectivity index (χ0v) is 15.8. The van der Waals surface area contributed by atoms with Gasteiger partial charge in [0.25, 0.3) is 0 Å². The summed E-state index contributed by atoms with van der Waals surface area (Å²) in [5, 5.41) is 1.73. The van der Waals surface area contributed by atoms with E-state index < -0.39 is 10.0 Å². The van der Waals surface area contributed by atoms with Gasteiger partial charge in [0.1, 0.15) is 0 Å². The van der Waals surface area contributed by atoms with E-state index in [1.54, 1.807) is 10.4 Å². The highest BCUT2D eigenvalue weighted by atomic mass is 32.2. The minimum Gasteiger partial charge on any atom is -0.377 e. The van der Waals surface area contributed by atoms with Crippen LogP contribution in [0.4, 0.5) is 5.69 Å². The van der Waals surface area contributed by atoms with Crippen LogP contribution in [0.2, 0.25) is 0 Å². The molecule has 1 aliphatic heterocycles. The van der Waals surface area contributed by atoms with Gasteiger partial charge in [-0.3, -0.25) is 0 Å². The Morgan fingerprint density at radius 3 is 2.31 bits per heavy atom. The van der Waals surface area contributed by atoms with Crippen molar-refractivity contribution in [3.63, 3.8) is 0 Å². The molecule has 0 aliphatic carbocycles. The molecule has 0 aromatic heterocycles. The molecule has 3 aromatic rings. The van der Waals surface area contributed by atoms with Gasteiger partial charge >= 0.3 is 0 Å². The van der Waals surface area contributed by atoms with E-state index in [9.17, 15) is 8.42 Å². The SMILES string of the molecule is CN(C)c1cccc2c(S(=O)(=O)N3CCc4ccccc4C3)cccc12. The van der Waals surface area contributed by atoms with Gasteiger partial charge in [0.05, 0.1) is 4.90 Å². The lowest BCUT2D eigenvalue weighted by Gasteiger charge is -2.28. The number of benzene rings is 3. The summed E-state index contributed by atoms with van der Waals surface area (Å²) < 4.78 is 28.4. The standard InChI is InChI=1S/C21H22N2O2S/c1-22(2)20-11-5-10-19-18(20)9-6-12-21(19)26(24,25)23-14-13-16-7-3-4-8-17(16)15-23/h3-12H,13-15H2,1-2H3. The normalized spacial score (nSPS) is 15.0. The van der Waals surface area contributed by atoms with Crippen LogP contribution in [-0.2, 0) is 23.0 Å². The van der Waals surface area contributed by atoms with Gasteiger partial charge in [0.2, 0.25) is 10.0 Å². The summed E-state index contributed by atoms with van der Waals surface area (Å²) >= 11 is 0. The van der Waals surface area contributed by atoms with Gasteiger partial charge in [-0.05, 0) is 29.7 Å². The molecule has 0 bridgehead atoms. The Kier molecular flexibility index (Phi) is 4.21. The average Bonchev–Trinajstić information content (AvgIpc) is 2.66. The third kappa shape index (κ3) is 2.77. The Morgan fingerprint density at radius 2 is 1.54 bits per heavy atom. The van der Waals surface area contributed by atoms with Crippen molar-refractivity contribution in [2.24, 2.45) is 0 Å². The molecule has 1 heterocycles. The van der Waals surface area contributed by atoms with Crippen molar-refractivity contribution in [2.75, 3.05) is 25.5 Å². The van der Waals surface area contributed by atoms with E-state index in [4.69, 9.17) is 0 Å². The van der Waals surface area contributed by atoms with Crippen molar-refractivity contribution in [1.29, 1.82) is 0 Å². The molecule has 26 heavy (non-hydrogen) atoms. The number of anilines is 1. The van der Waals surface area contributed by atoms with Gasteiger partial charge in [-0.2, -0.15) is 4.31 Å². The summed E-state index contributed by atoms with van der Waals surface area (Å²) in [4.78, 5) is 2.40. The van der Waals surface area contributed by atoms with Crippen LogP contribution in [0.1, 0.15) is 11.1 Å². The smallest absolute Gasteiger partial charge is 0.244 e. The van der Waals surface area contributed by atoms with E-state index in [-0.39, 0.29) is 0 Å². The number of hydrogen-bond donors (Lipinski definition) is 0. The zero-order valence-electron chi connectivity index (χ0n) is 15.0. The first-order valence-corrected chi connectivity index (χ1v) is 10.2. The number of fused-ring (bicyclic) bond motifs is 2. The molecule has 1 aliphatic rings. The van der Waals surface area contributed by atoms with Gasteiger partial charge in [0, 0.05) is 43.6 Å². The topological polar surface area (TPSA) is 40.6 Å². The summed E-state index contributed by atoms with van der Waals surface area (Å²) in [6.07, 6.45) is 0.753. The molecule has 0 atom stereocenters. The van der Waals surface area contributed by atoms with Crippen molar-refractivity contribution < 1.29 is 8.42 Å². The van der Waals surface area contributed by atoms with Gasteiger partial charge in [0.15, 0.2) is 0 Å². The average molecular weight is 366 g/mol. The third-order valence-electron chi connectivity index (χ3n) is 5.05. The number of sulfonamides is 1. The van der Waals surface area contributed by atoms with Crippen molar-refractivity contribution >= 4 is 26.5 Å². The highest BCUT2D eigenvalue weighted by molar-refractivity contribution is 7.89. The Morgan fingerprint density at radius 1 is 0.846 bits per heavy atom. The van der Waals surface area contributed by atoms with E-state index in [1.165, 1.54) is 5.56 Å². The maximum absolute atomic E-state index is 13.4. The summed E-state index contributed by atoms with van der Waals surface area (Å²) in [6.45, 7) is 0.950. The van der Waals surface area contributed by atoms with Crippen molar-refractivity contribution in [3.8, 4) is 0 Å². The van der Waals surface area contributed by atoms with Crippen molar-refractivity contribution in [3.05, 3.63) is 71.8 Å². The fourth-order valence-electron chi connectivity index (χ4n) is 3.69. The lowest BCUT2D eigenvalue weighted by molar-refractivity contribution is 0.392. The Bertz CT molecular complexity index is 1070. The molecule has 134 valence electrons. The van der Waals surface area contributed by atoms with E-state index >= 15 is 0 Å². The van der Waals surface area contributed by atoms with Crippen molar-refractivity contribution in [2.45, 2.75) is 17.9 Å². The maximum atomic E-state index is 13.4. The fraction of sp³-hybridized carbons (Fsp3) is 0.238. The summed E-state index contributed by atoms with van der Waals surface area (Å²) in [6, 6.07) is 19.4. The molecular weight excluding hydrogens is 344 g/mol. The van der Waals surface area contributed by atoms with E-state index in [0.717, 1.165) is 28.4 Å². The first-order valence-electron chi connectivity index (χ1n) is 8.74. The van der Waals surface area contributed by atoms with E-state index in [1.807, 2.05) is 67.5 Å². The van der Waals surface area contributed by atoms with E-state index in [2.05, 4.69) is 6.07 Å². The molecule has 0 saturated heterocycles. The van der Waals surface area contributed by atoms with Crippen LogP contribution < -0.4 is 4.90 Å². The number of nitrogens with zero attached hydrogens (tertiary/aromatic N) is 2. The van der Waals surface area contributed by atoms with Gasteiger partial charge in [-0.1, -0.05) is 48.5 Å². The second-order valence-electron chi connectivity index (χ2n) is 6.88. The summed E-state index contributed by atoms with van der Waals surface area (Å²) in [5.74, 6) is 0. The van der Waals surface area contributed by atoms with Crippen LogP contribution >= 0.6 is 0 Å². The number of hydrogen-bond acceptors (Lipinski definition) is 3. The highest BCUT2D eigenvalue weighted by Crippen LogP contribution is 2.33. The largest absolute Gasteiger partial charge is 0.377 e. The molecule has 4 nitrogen and oxygen atoms in total. The van der Waals surface area contributed by atoms with Crippen molar-refractivity contribution in [1.82, 2.24) is 4.31 Å². The van der Waals surface area contributed by atoms with Gasteiger partial charge in [-0.25, -0.2) is 8.42 Å². The zero-order chi connectivity index (χ0) is 18.3. The predicted molar refractivity (Wildman–Crippen MR) is 106 cm³/mol. The van der Waals surface area contributed by atoms with Crippen LogP contribution in [0, 0.1) is 0 Å².